The molecule has 1 heterocycles. The summed E-state index contributed by atoms with van der Waals surface area (Å²) in [7, 11) is 3.74. The first-order valence-electron chi connectivity index (χ1n) is 6.86. The van der Waals surface area contributed by atoms with E-state index in [1.54, 1.807) is 11.9 Å². The van der Waals surface area contributed by atoms with Gasteiger partial charge in [0.05, 0.1) is 0 Å². The lowest BCUT2D eigenvalue weighted by Gasteiger charge is -2.32. The summed E-state index contributed by atoms with van der Waals surface area (Å²) < 4.78 is 0. The van der Waals surface area contributed by atoms with Gasteiger partial charge in [-0.3, -0.25) is 9.59 Å². The molecule has 0 aromatic heterocycles. The molecular weight excluding hydrogens is 254 g/mol. The molecule has 2 rings (SSSR count). The van der Waals surface area contributed by atoms with Crippen molar-refractivity contribution in [2.45, 2.75) is 6.42 Å². The van der Waals surface area contributed by atoms with Gasteiger partial charge < -0.3 is 14.7 Å². The predicted molar refractivity (Wildman–Crippen MR) is 78.5 cm³/mol. The summed E-state index contributed by atoms with van der Waals surface area (Å²) in [6.07, 6.45) is -0.0604. The number of carbonyl (C=O) groups is 2. The summed E-state index contributed by atoms with van der Waals surface area (Å²) in [6, 6.07) is 9.37. The third-order valence-electron chi connectivity index (χ3n) is 3.68. The van der Waals surface area contributed by atoms with Gasteiger partial charge in [0, 0.05) is 38.9 Å². The van der Waals surface area contributed by atoms with Crippen molar-refractivity contribution in [1.82, 2.24) is 9.80 Å². The number of likely N-dealkylation sites (N-methyl/N-ethyl adjacent to an activating group) is 1. The van der Waals surface area contributed by atoms with Crippen molar-refractivity contribution in [2.75, 3.05) is 45.2 Å². The average Bonchev–Trinajstić information content (AvgIpc) is 2.48. The fourth-order valence-corrected chi connectivity index (χ4v) is 2.21. The molecule has 0 radical (unpaired) electrons. The lowest BCUT2D eigenvalue weighted by molar-refractivity contribution is -0.136. The highest BCUT2D eigenvalue weighted by molar-refractivity contribution is 6.04. The average molecular weight is 275 g/mol. The predicted octanol–water partition coefficient (Wildman–Crippen LogP) is 0.813. The summed E-state index contributed by atoms with van der Waals surface area (Å²) in [5, 5.41) is 0. The van der Waals surface area contributed by atoms with Gasteiger partial charge in [-0.05, 0) is 19.2 Å². The van der Waals surface area contributed by atoms with Crippen molar-refractivity contribution >= 4 is 17.5 Å². The Bertz CT molecular complexity index is 467. The number of benzene rings is 1. The van der Waals surface area contributed by atoms with Gasteiger partial charge >= 0.3 is 0 Å². The lowest BCUT2D eigenvalue weighted by Crippen LogP contribution is -2.48. The van der Waals surface area contributed by atoms with E-state index >= 15 is 0 Å². The molecule has 1 aliphatic heterocycles. The van der Waals surface area contributed by atoms with Gasteiger partial charge in [0.25, 0.3) is 0 Å². The Morgan fingerprint density at radius 3 is 2.30 bits per heavy atom. The van der Waals surface area contributed by atoms with Crippen molar-refractivity contribution in [2.24, 2.45) is 0 Å². The summed E-state index contributed by atoms with van der Waals surface area (Å²) in [5.74, 6) is -0.244. The molecule has 108 valence electrons. The maximum Gasteiger partial charge on any atom is 0.236 e. The van der Waals surface area contributed by atoms with Gasteiger partial charge in [-0.25, -0.2) is 0 Å². The zero-order valence-corrected chi connectivity index (χ0v) is 12.1. The van der Waals surface area contributed by atoms with Crippen LogP contribution >= 0.6 is 0 Å². The van der Waals surface area contributed by atoms with Crippen LogP contribution in [0.25, 0.3) is 0 Å². The van der Waals surface area contributed by atoms with E-state index in [1.807, 2.05) is 37.4 Å². The van der Waals surface area contributed by atoms with E-state index in [9.17, 15) is 9.59 Å². The highest BCUT2D eigenvalue weighted by atomic mass is 16.2. The molecule has 1 fully saturated rings. The number of hydrogen-bond acceptors (Lipinski definition) is 3. The molecule has 0 bridgehead atoms. The second-order valence-electron chi connectivity index (χ2n) is 5.15. The summed E-state index contributed by atoms with van der Waals surface area (Å²) in [4.78, 5) is 29.7. The van der Waals surface area contributed by atoms with Gasteiger partial charge in [-0.2, -0.15) is 0 Å². The number of hydrogen-bond donors (Lipinski definition) is 0. The lowest BCUT2D eigenvalue weighted by atomic mass is 10.2. The number of rotatable bonds is 3. The summed E-state index contributed by atoms with van der Waals surface area (Å²) >= 11 is 0. The van der Waals surface area contributed by atoms with Crippen molar-refractivity contribution in [1.29, 1.82) is 0 Å². The van der Waals surface area contributed by atoms with Crippen LogP contribution in [0.3, 0.4) is 0 Å². The Morgan fingerprint density at radius 2 is 1.70 bits per heavy atom. The fourth-order valence-electron chi connectivity index (χ4n) is 2.21. The van der Waals surface area contributed by atoms with Crippen molar-refractivity contribution in [3.63, 3.8) is 0 Å². The van der Waals surface area contributed by atoms with E-state index < -0.39 is 0 Å². The Morgan fingerprint density at radius 1 is 1.10 bits per heavy atom. The molecule has 1 aromatic rings. The topological polar surface area (TPSA) is 43.9 Å². The van der Waals surface area contributed by atoms with Crippen LogP contribution in [0.1, 0.15) is 6.42 Å². The van der Waals surface area contributed by atoms with Crippen LogP contribution in [0, 0.1) is 0 Å². The molecule has 0 N–H and O–H groups in total. The van der Waals surface area contributed by atoms with Gasteiger partial charge in [-0.1, -0.05) is 18.2 Å². The van der Waals surface area contributed by atoms with Crippen molar-refractivity contribution in [3.8, 4) is 0 Å². The number of piperazine rings is 1. The first-order valence-corrected chi connectivity index (χ1v) is 6.86. The minimum Gasteiger partial charge on any atom is -0.340 e. The molecule has 0 unspecified atom stereocenters. The Hall–Kier alpha value is -1.88. The van der Waals surface area contributed by atoms with Gasteiger partial charge in [-0.15, -0.1) is 0 Å². The number of nitrogens with zero attached hydrogens (tertiary/aromatic N) is 3. The van der Waals surface area contributed by atoms with Gasteiger partial charge in [0.15, 0.2) is 0 Å². The number of anilines is 1. The zero-order valence-electron chi connectivity index (χ0n) is 12.1. The van der Waals surface area contributed by atoms with Crippen molar-refractivity contribution < 1.29 is 9.59 Å². The van der Waals surface area contributed by atoms with E-state index in [4.69, 9.17) is 0 Å². The number of para-hydroxylation sites is 1. The maximum absolute atomic E-state index is 12.1. The minimum atomic E-state index is -0.167. The van der Waals surface area contributed by atoms with Crippen LogP contribution in [0.2, 0.25) is 0 Å². The molecule has 0 aliphatic carbocycles. The van der Waals surface area contributed by atoms with Crippen LogP contribution in [-0.4, -0.2) is 61.9 Å². The molecule has 5 nitrogen and oxygen atoms in total. The summed E-state index contributed by atoms with van der Waals surface area (Å²) in [5.41, 5.74) is 0.809. The van der Waals surface area contributed by atoms with E-state index in [1.165, 1.54) is 4.90 Å². The second kappa shape index (κ2) is 6.52. The fraction of sp³-hybridized carbons (Fsp3) is 0.467. The SMILES string of the molecule is CN1CCN(C(=O)CC(=O)N(C)c2ccccc2)CC1. The van der Waals surface area contributed by atoms with Crippen molar-refractivity contribution in [3.05, 3.63) is 30.3 Å². The third kappa shape index (κ3) is 3.57. The first-order chi connectivity index (χ1) is 9.58. The molecule has 2 amide bonds. The van der Waals surface area contributed by atoms with E-state index in [2.05, 4.69) is 4.90 Å². The molecule has 20 heavy (non-hydrogen) atoms. The Balaban J connectivity index is 1.89. The second-order valence-corrected chi connectivity index (χ2v) is 5.15. The Kier molecular flexibility index (Phi) is 4.74. The van der Waals surface area contributed by atoms with Crippen LogP contribution in [-0.2, 0) is 9.59 Å². The van der Waals surface area contributed by atoms with Crippen LogP contribution in [0.5, 0.6) is 0 Å². The normalized spacial score (nSPS) is 16.0. The Labute approximate surface area is 119 Å². The molecule has 0 spiro atoms. The van der Waals surface area contributed by atoms with E-state index in [0.717, 1.165) is 18.8 Å². The highest BCUT2D eigenvalue weighted by Gasteiger charge is 2.22. The zero-order chi connectivity index (χ0) is 14.5. The van der Waals surface area contributed by atoms with Crippen LogP contribution < -0.4 is 4.90 Å². The maximum atomic E-state index is 12.1. The number of amides is 2. The molecule has 5 heteroatoms. The smallest absolute Gasteiger partial charge is 0.236 e. The quantitative estimate of drug-likeness (QED) is 0.767. The van der Waals surface area contributed by atoms with Crippen LogP contribution in [0.4, 0.5) is 5.69 Å². The highest BCUT2D eigenvalue weighted by Crippen LogP contribution is 2.13. The third-order valence-corrected chi connectivity index (χ3v) is 3.68. The van der Waals surface area contributed by atoms with Gasteiger partial charge in [0.1, 0.15) is 6.42 Å². The monoisotopic (exact) mass is 275 g/mol. The molecular formula is C15H21N3O2. The largest absolute Gasteiger partial charge is 0.340 e. The molecule has 1 aromatic carbocycles. The minimum absolute atomic E-state index is 0.0604. The number of carbonyl (C=O) groups excluding carboxylic acids is 2. The van der Waals surface area contributed by atoms with E-state index in [0.29, 0.717) is 13.1 Å². The molecule has 1 saturated heterocycles. The van der Waals surface area contributed by atoms with Crippen LogP contribution in [0.15, 0.2) is 30.3 Å². The molecule has 1 aliphatic rings. The molecule has 0 saturated carbocycles. The summed E-state index contributed by atoms with van der Waals surface area (Å²) in [6.45, 7) is 3.15. The molecule has 0 atom stereocenters. The van der Waals surface area contributed by atoms with Gasteiger partial charge in [0.2, 0.25) is 11.8 Å². The van der Waals surface area contributed by atoms with E-state index in [-0.39, 0.29) is 18.2 Å². The standard InChI is InChI=1S/C15H21N3O2/c1-16-8-10-18(11-9-16)15(20)12-14(19)17(2)13-6-4-3-5-7-13/h3-7H,8-12H2,1-2H3. The first kappa shape index (κ1) is 14.5.